The molecule has 2 unspecified atom stereocenters. The number of hydrogen-bond acceptors (Lipinski definition) is 14. The van der Waals surface area contributed by atoms with Crippen molar-refractivity contribution < 1.29 is 102 Å². The van der Waals surface area contributed by atoms with Crippen molar-refractivity contribution in [1.29, 1.82) is 0 Å². The van der Waals surface area contributed by atoms with Crippen molar-refractivity contribution in [3.63, 3.8) is 0 Å². The molecule has 12 amide bonds. The van der Waals surface area contributed by atoms with Crippen LogP contribution in [0.4, 0.5) is 35.1 Å². The van der Waals surface area contributed by atoms with E-state index in [1.165, 1.54) is 57.0 Å². The molecule has 3 aliphatic carbocycles. The summed E-state index contributed by atoms with van der Waals surface area (Å²) in [6, 6.07) is -11.5. The second-order valence-electron chi connectivity index (χ2n) is 33.5. The molecule has 3 N–H and O–H groups in total. The van der Waals surface area contributed by atoms with Gasteiger partial charge in [-0.2, -0.15) is 26.3 Å². The molecular weight excluding hydrogens is 1460 g/mol. The van der Waals surface area contributed by atoms with Crippen molar-refractivity contribution in [2.45, 2.75) is 268 Å². The molecule has 4 heterocycles. The summed E-state index contributed by atoms with van der Waals surface area (Å²) in [6.07, 6.45) is -17.8. The van der Waals surface area contributed by atoms with Crippen molar-refractivity contribution in [3.05, 3.63) is 0 Å². The van der Waals surface area contributed by atoms with E-state index in [1.54, 1.807) is 41.5 Å². The normalized spacial score (nSPS) is 31.6. The lowest BCUT2D eigenvalue weighted by Crippen LogP contribution is -2.69. The Balaban J connectivity index is 1.33. The maximum atomic E-state index is 15.6. The Kier molecular flexibility index (Phi) is 31.3. The highest BCUT2D eigenvalue weighted by Gasteiger charge is 2.57. The first kappa shape index (κ1) is 90.2. The Labute approximate surface area is 641 Å². The zero-order valence-corrected chi connectivity index (χ0v) is 66.6. The standard InChI is InChI=1S/C76H120F8N12O14/c1-15-45(5)62-70(106)89(10)43-60(99)90(11)53-21-18-17-19-30-95(69(53)105)57(38-46-22-25-48(26-23-46)75(79,80)81)67(103)88(9)42-58(97)85-52(27-24-47-36-50(77)61(51(78)37-47)76(82,83)84)66(102)96-41-49(110-16-2)39-55(96)65(101)87-74(28-20-29-74)72(108)93(14)63(73(6,7)8)71(107)92(13)56(68(104)94-31-33-109-34-32-94)40-59(98)91(12)54(35-44(3)4)64(100)86-62/h44-57,61-63H,15-43H2,1-14H3,(H,85,97)(H,86,100)(H,87,101)/t45-,46?,47?,48?,49+,50?,51?,52-,53-,54-,55-,56-,57-,61?,62-,63+/m0/s1. The fourth-order valence-corrected chi connectivity index (χ4v) is 17.1. The summed E-state index contributed by atoms with van der Waals surface area (Å²) in [4.78, 5) is 193. The summed E-state index contributed by atoms with van der Waals surface area (Å²) in [5.41, 5.74) is -2.88. The van der Waals surface area contributed by atoms with Crippen LogP contribution in [-0.4, -0.2) is 301 Å². The van der Waals surface area contributed by atoms with Crippen LogP contribution in [0.3, 0.4) is 0 Å². The van der Waals surface area contributed by atoms with E-state index in [-0.39, 0.29) is 123 Å². The first-order chi connectivity index (χ1) is 51.4. The fraction of sp³-hybridized carbons (Fsp3) is 0.842. The van der Waals surface area contributed by atoms with Crippen molar-refractivity contribution >= 4 is 70.9 Å². The maximum Gasteiger partial charge on any atom is 0.397 e. The molecule has 3 saturated carbocycles. The first-order valence-corrected chi connectivity index (χ1v) is 39.3. The molecule has 26 nitrogen and oxygen atoms in total. The number of halogens is 8. The second-order valence-corrected chi connectivity index (χ2v) is 33.5. The minimum absolute atomic E-state index is 0.00441. The van der Waals surface area contributed by atoms with Gasteiger partial charge in [-0.25, -0.2) is 8.78 Å². The van der Waals surface area contributed by atoms with Crippen LogP contribution in [0.25, 0.3) is 0 Å². The molecule has 34 heteroatoms. The van der Waals surface area contributed by atoms with Crippen molar-refractivity contribution in [2.24, 2.45) is 40.9 Å². The van der Waals surface area contributed by atoms with Crippen LogP contribution in [0.5, 0.6) is 0 Å². The number of rotatable bonds is 12. The van der Waals surface area contributed by atoms with Gasteiger partial charge >= 0.3 is 12.4 Å². The largest absolute Gasteiger partial charge is 0.397 e. The topological polar surface area (TPSA) is 289 Å². The smallest absolute Gasteiger partial charge is 0.378 e. The van der Waals surface area contributed by atoms with Gasteiger partial charge in [0, 0.05) is 81.5 Å². The Morgan fingerprint density at radius 1 is 0.609 bits per heavy atom. The molecule has 4 aliphatic heterocycles. The summed E-state index contributed by atoms with van der Waals surface area (Å²) in [6.45, 7) is 12.4. The van der Waals surface area contributed by atoms with Gasteiger partial charge in [0.2, 0.25) is 70.9 Å². The zero-order valence-electron chi connectivity index (χ0n) is 66.6. The molecule has 624 valence electrons. The van der Waals surface area contributed by atoms with Gasteiger partial charge < -0.3 is 69.5 Å². The Morgan fingerprint density at radius 2 is 1.23 bits per heavy atom. The van der Waals surface area contributed by atoms with Crippen molar-refractivity contribution in [2.75, 3.05) is 101 Å². The molecule has 12 atom stereocenters. The molecule has 110 heavy (non-hydrogen) atoms. The van der Waals surface area contributed by atoms with Crippen LogP contribution >= 0.6 is 0 Å². The lowest BCUT2D eigenvalue weighted by molar-refractivity contribution is -0.219. The quantitative estimate of drug-likeness (QED) is 0.183. The van der Waals surface area contributed by atoms with Crippen LogP contribution in [0.2, 0.25) is 0 Å². The summed E-state index contributed by atoms with van der Waals surface area (Å²) in [5.74, 6) is -16.6. The summed E-state index contributed by atoms with van der Waals surface area (Å²) < 4.78 is 127. The number of carbonyl (C=O) groups is 12. The maximum absolute atomic E-state index is 15.6. The van der Waals surface area contributed by atoms with Gasteiger partial charge in [-0.15, -0.1) is 0 Å². The number of amides is 12. The van der Waals surface area contributed by atoms with E-state index in [2.05, 4.69) is 16.0 Å². The van der Waals surface area contributed by atoms with Crippen molar-refractivity contribution in [1.82, 2.24) is 60.0 Å². The Hall–Kier alpha value is -7.00. The van der Waals surface area contributed by atoms with Crippen molar-refractivity contribution in [3.8, 4) is 0 Å². The minimum atomic E-state index is -5.22. The molecule has 1 spiro atoms. The van der Waals surface area contributed by atoms with E-state index < -0.39 is 229 Å². The molecule has 4 saturated heterocycles. The SMILES string of the molecule is CCO[C@@H]1C[C@H]2C(=O)NC3(CCC3)C(=O)N(C)[C@@H](C(C)(C)C)C(=O)N(C)[C@H](C(=O)N3CCOCC3)CC(=O)N(C)[C@@H](CC(C)C)C(=O)N[C@@H]([C@@H](C)CC)C(=O)N(C)CC(=O)N(C)[C@H]3CCCCCN(C3=O)[C@@H](CC3CCC(C(F)(F)F)CC3)C(=O)N(C)CC(=O)N[C@@H](CCC3CC(F)C(C(F)(F)F)C(F)C3)C(=O)N2C1. The number of alkyl halides is 8. The van der Waals surface area contributed by atoms with Gasteiger partial charge in [-0.05, 0) is 132 Å². The average molecular weight is 1580 g/mol. The molecule has 7 aliphatic rings. The van der Waals surface area contributed by atoms with E-state index in [9.17, 15) is 45.5 Å². The van der Waals surface area contributed by atoms with Crippen LogP contribution < -0.4 is 16.0 Å². The predicted octanol–water partition coefficient (Wildman–Crippen LogP) is 6.20. The highest BCUT2D eigenvalue weighted by molar-refractivity contribution is 6.01. The number of ether oxygens (including phenoxy) is 2. The van der Waals surface area contributed by atoms with Crippen LogP contribution in [0.1, 0.15) is 184 Å². The second kappa shape index (κ2) is 38.2. The molecule has 7 rings (SSSR count). The molecular formula is C76H120F8N12O14. The summed E-state index contributed by atoms with van der Waals surface area (Å²) >= 11 is 0. The van der Waals surface area contributed by atoms with Gasteiger partial charge in [0.1, 0.15) is 72.1 Å². The fourth-order valence-electron chi connectivity index (χ4n) is 17.1. The highest BCUT2D eigenvalue weighted by Crippen LogP contribution is 2.46. The van der Waals surface area contributed by atoms with E-state index >= 15 is 47.1 Å². The third-order valence-electron chi connectivity index (χ3n) is 24.0. The number of nitrogens with one attached hydrogen (secondary N) is 3. The van der Waals surface area contributed by atoms with E-state index in [0.29, 0.717) is 32.1 Å². The number of morpholine rings is 1. The van der Waals surface area contributed by atoms with Gasteiger partial charge in [0.25, 0.3) is 0 Å². The summed E-state index contributed by atoms with van der Waals surface area (Å²) in [7, 11) is 7.97. The Morgan fingerprint density at radius 3 is 1.78 bits per heavy atom. The molecule has 7 fully saturated rings. The molecule has 0 aromatic carbocycles. The van der Waals surface area contributed by atoms with Crippen LogP contribution in [0, 0.1) is 40.9 Å². The zero-order chi connectivity index (χ0) is 82.0. The number of fused-ring (bicyclic) bond motifs is 3. The number of carbonyl (C=O) groups excluding carboxylic acids is 12. The molecule has 2 bridgehead atoms. The Bertz CT molecular complexity index is 3240. The lowest BCUT2D eigenvalue weighted by Gasteiger charge is -2.48. The monoisotopic (exact) mass is 1580 g/mol. The van der Waals surface area contributed by atoms with Gasteiger partial charge in [0.15, 0.2) is 0 Å². The average Bonchev–Trinajstić information content (AvgIpc) is 1.12. The highest BCUT2D eigenvalue weighted by atomic mass is 19.4. The molecule has 0 radical (unpaired) electrons. The van der Waals surface area contributed by atoms with Crippen LogP contribution in [0.15, 0.2) is 0 Å². The minimum Gasteiger partial charge on any atom is -0.378 e. The third kappa shape index (κ3) is 22.1. The van der Waals surface area contributed by atoms with E-state index in [0.717, 1.165) is 29.4 Å². The van der Waals surface area contributed by atoms with Gasteiger partial charge in [-0.3, -0.25) is 57.5 Å². The first-order valence-electron chi connectivity index (χ1n) is 39.3. The molecule has 0 aromatic rings. The van der Waals surface area contributed by atoms with Crippen LogP contribution in [-0.2, 0) is 67.0 Å². The number of nitrogens with zero attached hydrogens (tertiary/aromatic N) is 9. The van der Waals surface area contributed by atoms with E-state index in [1.807, 2.05) is 13.8 Å². The third-order valence-corrected chi connectivity index (χ3v) is 24.0. The summed E-state index contributed by atoms with van der Waals surface area (Å²) in [5, 5.41) is 8.40. The number of likely N-dealkylation sites (N-methyl/N-ethyl adjacent to an activating group) is 6. The lowest BCUT2D eigenvalue weighted by atomic mass is 9.74. The molecule has 0 aromatic heterocycles. The predicted molar refractivity (Wildman–Crippen MR) is 387 cm³/mol. The van der Waals surface area contributed by atoms with E-state index in [4.69, 9.17) is 9.47 Å². The number of hydrogen-bond donors (Lipinski definition) is 3. The van der Waals surface area contributed by atoms with Gasteiger partial charge in [-0.1, -0.05) is 67.7 Å². The van der Waals surface area contributed by atoms with Gasteiger partial charge in [0.05, 0.1) is 44.7 Å².